The first-order chi connectivity index (χ1) is 7.63. The Morgan fingerprint density at radius 2 is 2.38 bits per heavy atom. The van der Waals surface area contributed by atoms with Crippen LogP contribution in [0.25, 0.3) is 10.4 Å². The van der Waals surface area contributed by atoms with Crippen LogP contribution in [0.3, 0.4) is 0 Å². The van der Waals surface area contributed by atoms with Gasteiger partial charge in [-0.3, -0.25) is 9.59 Å². The maximum atomic E-state index is 11.5. The minimum Gasteiger partial charge on any atom is -0.480 e. The number of carboxylic acid groups (broad SMARTS) is 1. The molecule has 86 valence electrons. The lowest BCUT2D eigenvalue weighted by molar-refractivity contribution is -0.138. The average Bonchev–Trinajstić information content (AvgIpc) is 2.26. The zero-order valence-corrected chi connectivity index (χ0v) is 8.54. The molecule has 1 rings (SSSR count). The lowest BCUT2D eigenvalue weighted by Gasteiger charge is -2.20. The second-order valence-electron chi connectivity index (χ2n) is 3.48. The van der Waals surface area contributed by atoms with Crippen LogP contribution in [0.15, 0.2) is 17.3 Å². The van der Waals surface area contributed by atoms with Gasteiger partial charge in [0, 0.05) is 10.8 Å². The van der Waals surface area contributed by atoms with Gasteiger partial charge in [0.25, 0.3) is 0 Å². The number of carbonyl (C=O) groups excluding carboxylic acids is 1. The number of carboxylic acids is 1. The van der Waals surface area contributed by atoms with Gasteiger partial charge < -0.3 is 10.4 Å². The number of rotatable bonds is 4. The number of nitrogens with one attached hydrogen (secondary N) is 1. The summed E-state index contributed by atoms with van der Waals surface area (Å²) >= 11 is 0. The summed E-state index contributed by atoms with van der Waals surface area (Å²) in [5, 5.41) is 14.2. The predicted molar refractivity (Wildman–Crippen MR) is 55.4 cm³/mol. The van der Waals surface area contributed by atoms with Gasteiger partial charge in [0.05, 0.1) is 6.04 Å². The Bertz CT molecular complexity index is 360. The van der Waals surface area contributed by atoms with Crippen molar-refractivity contribution in [1.82, 2.24) is 5.32 Å². The normalized spacial score (nSPS) is 23.2. The fourth-order valence-corrected chi connectivity index (χ4v) is 1.54. The van der Waals surface area contributed by atoms with E-state index >= 15 is 0 Å². The number of aliphatic carboxylic acids is 1. The van der Waals surface area contributed by atoms with Crippen molar-refractivity contribution in [2.24, 2.45) is 11.0 Å². The first kappa shape index (κ1) is 12.1. The summed E-state index contributed by atoms with van der Waals surface area (Å²) < 4.78 is 0. The lowest BCUT2D eigenvalue weighted by Crippen LogP contribution is -2.36. The molecule has 0 fully saturated rings. The summed E-state index contributed by atoms with van der Waals surface area (Å²) in [7, 11) is 0. The second kappa shape index (κ2) is 5.77. The first-order valence-electron chi connectivity index (χ1n) is 4.84. The third-order valence-corrected chi connectivity index (χ3v) is 2.29. The number of amides is 1. The van der Waals surface area contributed by atoms with Crippen molar-refractivity contribution in [3.05, 3.63) is 22.6 Å². The van der Waals surface area contributed by atoms with Crippen molar-refractivity contribution in [1.29, 1.82) is 0 Å². The highest BCUT2D eigenvalue weighted by molar-refractivity contribution is 5.83. The van der Waals surface area contributed by atoms with E-state index in [0.717, 1.165) is 0 Å². The van der Waals surface area contributed by atoms with Crippen LogP contribution in [0.1, 0.15) is 12.8 Å². The third-order valence-electron chi connectivity index (χ3n) is 2.29. The van der Waals surface area contributed by atoms with Gasteiger partial charge >= 0.3 is 5.97 Å². The summed E-state index contributed by atoms with van der Waals surface area (Å²) in [4.78, 5) is 24.4. The van der Waals surface area contributed by atoms with Crippen LogP contribution in [-0.2, 0) is 9.59 Å². The van der Waals surface area contributed by atoms with Crippen molar-refractivity contribution in [3.8, 4) is 0 Å². The Morgan fingerprint density at radius 3 is 3.00 bits per heavy atom. The van der Waals surface area contributed by atoms with Gasteiger partial charge in [0.2, 0.25) is 5.91 Å². The molecule has 16 heavy (non-hydrogen) atoms. The molecule has 0 bridgehead atoms. The first-order valence-corrected chi connectivity index (χ1v) is 4.84. The predicted octanol–water partition coefficient (Wildman–Crippen LogP) is 0.832. The molecule has 0 aromatic carbocycles. The zero-order chi connectivity index (χ0) is 12.0. The van der Waals surface area contributed by atoms with E-state index in [-0.39, 0.29) is 24.4 Å². The summed E-state index contributed by atoms with van der Waals surface area (Å²) in [6.45, 7) is -0.384. The van der Waals surface area contributed by atoms with Crippen LogP contribution in [0.4, 0.5) is 0 Å². The summed E-state index contributed by atoms with van der Waals surface area (Å²) in [6, 6.07) is -0.320. The molecule has 0 aromatic heterocycles. The molecule has 2 N–H and O–H groups in total. The van der Waals surface area contributed by atoms with E-state index in [1.54, 1.807) is 12.2 Å². The Balaban J connectivity index is 2.49. The molecule has 0 saturated heterocycles. The SMILES string of the molecule is [N-]=[N+]=N[C@@H]1C=CC[C@@H](C(=O)NCC(=O)O)C1. The van der Waals surface area contributed by atoms with Crippen molar-refractivity contribution in [2.45, 2.75) is 18.9 Å². The van der Waals surface area contributed by atoms with Crippen molar-refractivity contribution in [3.63, 3.8) is 0 Å². The Kier molecular flexibility index (Phi) is 4.35. The highest BCUT2D eigenvalue weighted by Gasteiger charge is 2.23. The molecular weight excluding hydrogens is 212 g/mol. The van der Waals surface area contributed by atoms with E-state index < -0.39 is 5.97 Å². The number of allylic oxidation sites excluding steroid dienone is 1. The Morgan fingerprint density at radius 1 is 1.62 bits per heavy atom. The van der Waals surface area contributed by atoms with E-state index in [2.05, 4.69) is 15.3 Å². The molecule has 1 aliphatic carbocycles. The number of hydrogen-bond acceptors (Lipinski definition) is 3. The van der Waals surface area contributed by atoms with Crippen LogP contribution in [0.5, 0.6) is 0 Å². The van der Waals surface area contributed by atoms with Crippen LogP contribution in [-0.4, -0.2) is 29.6 Å². The molecule has 0 spiro atoms. The van der Waals surface area contributed by atoms with E-state index in [0.29, 0.717) is 12.8 Å². The zero-order valence-electron chi connectivity index (χ0n) is 8.54. The van der Waals surface area contributed by atoms with Crippen molar-refractivity contribution < 1.29 is 14.7 Å². The quantitative estimate of drug-likeness (QED) is 0.319. The highest BCUT2D eigenvalue weighted by atomic mass is 16.4. The fraction of sp³-hybridized carbons (Fsp3) is 0.556. The molecule has 0 aromatic rings. The van der Waals surface area contributed by atoms with Crippen LogP contribution in [0, 0.1) is 5.92 Å². The van der Waals surface area contributed by atoms with Crippen molar-refractivity contribution >= 4 is 11.9 Å². The maximum absolute atomic E-state index is 11.5. The summed E-state index contributed by atoms with van der Waals surface area (Å²) in [5.41, 5.74) is 8.27. The van der Waals surface area contributed by atoms with Gasteiger partial charge in [0.15, 0.2) is 0 Å². The van der Waals surface area contributed by atoms with Crippen molar-refractivity contribution in [2.75, 3.05) is 6.54 Å². The Labute approximate surface area is 91.8 Å². The molecule has 0 saturated carbocycles. The second-order valence-corrected chi connectivity index (χ2v) is 3.48. The minimum absolute atomic E-state index is 0.315. The minimum atomic E-state index is -1.08. The molecule has 0 aliphatic heterocycles. The molecule has 2 atom stereocenters. The molecule has 0 unspecified atom stereocenters. The Hall–Kier alpha value is -2.01. The molecular formula is C9H12N4O3. The van der Waals surface area contributed by atoms with Crippen LogP contribution in [0.2, 0.25) is 0 Å². The van der Waals surface area contributed by atoms with E-state index in [4.69, 9.17) is 10.6 Å². The van der Waals surface area contributed by atoms with E-state index in [9.17, 15) is 9.59 Å². The fourth-order valence-electron chi connectivity index (χ4n) is 1.54. The summed E-state index contributed by atoms with van der Waals surface area (Å²) in [6.07, 6.45) is 4.49. The number of nitrogens with zero attached hydrogens (tertiary/aromatic N) is 3. The molecule has 0 heterocycles. The molecule has 0 radical (unpaired) electrons. The van der Waals surface area contributed by atoms with Gasteiger partial charge in [-0.05, 0) is 18.4 Å². The molecule has 1 amide bonds. The van der Waals surface area contributed by atoms with Gasteiger partial charge in [-0.15, -0.1) is 0 Å². The number of carbonyl (C=O) groups is 2. The molecule has 1 aliphatic rings. The average molecular weight is 224 g/mol. The van der Waals surface area contributed by atoms with E-state index in [1.165, 1.54) is 0 Å². The van der Waals surface area contributed by atoms with Gasteiger partial charge in [-0.1, -0.05) is 17.3 Å². The summed E-state index contributed by atoms with van der Waals surface area (Å²) in [5.74, 6) is -1.71. The molecule has 7 nitrogen and oxygen atoms in total. The van der Waals surface area contributed by atoms with E-state index in [1.807, 2.05) is 0 Å². The maximum Gasteiger partial charge on any atom is 0.322 e. The van der Waals surface area contributed by atoms with Crippen LogP contribution >= 0.6 is 0 Å². The smallest absolute Gasteiger partial charge is 0.322 e. The third kappa shape index (κ3) is 3.62. The lowest BCUT2D eigenvalue weighted by atomic mass is 9.91. The van der Waals surface area contributed by atoms with Gasteiger partial charge in [-0.2, -0.15) is 0 Å². The largest absolute Gasteiger partial charge is 0.480 e. The molecule has 7 heteroatoms. The monoisotopic (exact) mass is 224 g/mol. The number of azide groups is 1. The number of hydrogen-bond donors (Lipinski definition) is 2. The highest BCUT2D eigenvalue weighted by Crippen LogP contribution is 2.21. The van der Waals surface area contributed by atoms with Crippen LogP contribution < -0.4 is 5.32 Å². The van der Waals surface area contributed by atoms with Gasteiger partial charge in [-0.25, -0.2) is 0 Å². The topological polar surface area (TPSA) is 115 Å². The standard InChI is InChI=1S/C9H12N4O3/c10-13-12-7-3-1-2-6(4-7)9(16)11-5-8(14)15/h1,3,6-7H,2,4-5H2,(H,11,16)(H,14,15)/t6-,7-/m1/s1. The van der Waals surface area contributed by atoms with Gasteiger partial charge in [0.1, 0.15) is 6.54 Å².